The average Bonchev–Trinajstić information content (AvgIpc) is 3.48. The van der Waals surface area contributed by atoms with Crippen molar-refractivity contribution in [2.45, 2.75) is 25.8 Å². The van der Waals surface area contributed by atoms with Gasteiger partial charge in [0.05, 0.1) is 28.3 Å². The van der Waals surface area contributed by atoms with Gasteiger partial charge in [0.2, 0.25) is 0 Å². The van der Waals surface area contributed by atoms with Gasteiger partial charge in [-0.15, -0.1) is 0 Å². The molecule has 1 aliphatic carbocycles. The lowest BCUT2D eigenvalue weighted by Gasteiger charge is -2.10. The number of ether oxygens (including phenoxy) is 1. The van der Waals surface area contributed by atoms with Crippen molar-refractivity contribution in [3.8, 4) is 28.3 Å². The molecule has 0 bridgehead atoms. The zero-order chi connectivity index (χ0) is 19.1. The maximum atomic E-state index is 5.70. The number of hydrogen-bond acceptors (Lipinski definition) is 4. The van der Waals surface area contributed by atoms with E-state index in [-0.39, 0.29) is 0 Å². The Kier molecular flexibility index (Phi) is 4.36. The van der Waals surface area contributed by atoms with Crippen LogP contribution in [0, 0.1) is 0 Å². The van der Waals surface area contributed by atoms with Gasteiger partial charge in [0, 0.05) is 28.8 Å². The molecule has 5 rings (SSSR count). The molecule has 0 saturated heterocycles. The molecule has 5 nitrogen and oxygen atoms in total. The molecule has 4 aromatic rings. The van der Waals surface area contributed by atoms with E-state index >= 15 is 0 Å². The minimum atomic E-state index is 0.501. The van der Waals surface area contributed by atoms with Crippen LogP contribution in [0.2, 0.25) is 0 Å². The van der Waals surface area contributed by atoms with Crippen LogP contribution in [0.1, 0.15) is 25.8 Å². The number of rotatable bonds is 5. The summed E-state index contributed by atoms with van der Waals surface area (Å²) < 4.78 is 8.69. The van der Waals surface area contributed by atoms with Crippen molar-refractivity contribution < 1.29 is 4.74 Å². The molecular formula is C22H19BrN4O. The van der Waals surface area contributed by atoms with E-state index in [1.165, 1.54) is 12.8 Å². The van der Waals surface area contributed by atoms with Crippen LogP contribution >= 0.6 is 15.9 Å². The van der Waals surface area contributed by atoms with Gasteiger partial charge in [-0.05, 0) is 41.8 Å². The fourth-order valence-electron chi connectivity index (χ4n) is 3.44. The number of benzene rings is 2. The third-order valence-corrected chi connectivity index (χ3v) is 5.56. The minimum Gasteiger partial charge on any atom is -0.493 e. The maximum absolute atomic E-state index is 5.70. The van der Waals surface area contributed by atoms with Gasteiger partial charge in [0.25, 0.3) is 0 Å². The van der Waals surface area contributed by atoms with E-state index in [4.69, 9.17) is 9.84 Å². The van der Waals surface area contributed by atoms with Crippen molar-refractivity contribution in [1.29, 1.82) is 0 Å². The Morgan fingerprint density at radius 3 is 2.68 bits per heavy atom. The van der Waals surface area contributed by atoms with E-state index in [9.17, 15) is 0 Å². The second kappa shape index (κ2) is 7.02. The van der Waals surface area contributed by atoms with Crippen molar-refractivity contribution in [2.75, 3.05) is 6.61 Å². The van der Waals surface area contributed by atoms with Gasteiger partial charge in [0.1, 0.15) is 17.8 Å². The summed E-state index contributed by atoms with van der Waals surface area (Å²) in [5.74, 6) is 0.789. The fraction of sp³-hybridized carbons (Fsp3) is 0.227. The summed E-state index contributed by atoms with van der Waals surface area (Å²) in [5.41, 5.74) is 4.82. The Morgan fingerprint density at radius 2 is 1.93 bits per heavy atom. The highest BCUT2D eigenvalue weighted by molar-refractivity contribution is 9.10. The fourth-order valence-corrected chi connectivity index (χ4v) is 3.90. The van der Waals surface area contributed by atoms with E-state index in [1.807, 2.05) is 37.3 Å². The first kappa shape index (κ1) is 17.4. The van der Waals surface area contributed by atoms with Gasteiger partial charge in [-0.2, -0.15) is 5.10 Å². The standard InChI is InChI=1S/C22H19BrN4O/c1-2-28-20-11-19-16(10-18(20)23)22(25-13-24-19)17-12-27(15-8-9-15)26-21(17)14-6-4-3-5-7-14/h3-7,10-13,15H,2,8-9H2,1H3. The Morgan fingerprint density at radius 1 is 1.11 bits per heavy atom. The van der Waals surface area contributed by atoms with Gasteiger partial charge in [0.15, 0.2) is 0 Å². The van der Waals surface area contributed by atoms with Crippen LogP contribution in [0.15, 0.2) is 59.5 Å². The topological polar surface area (TPSA) is 52.8 Å². The zero-order valence-electron chi connectivity index (χ0n) is 15.5. The molecule has 2 heterocycles. The Labute approximate surface area is 171 Å². The summed E-state index contributed by atoms with van der Waals surface area (Å²) in [6.45, 7) is 2.58. The summed E-state index contributed by atoms with van der Waals surface area (Å²) in [6.07, 6.45) is 6.11. The molecule has 2 aromatic heterocycles. The summed E-state index contributed by atoms with van der Waals surface area (Å²) in [7, 11) is 0. The lowest BCUT2D eigenvalue weighted by Crippen LogP contribution is -1.95. The molecule has 1 fully saturated rings. The smallest absolute Gasteiger partial charge is 0.135 e. The van der Waals surface area contributed by atoms with Gasteiger partial charge in [-0.1, -0.05) is 30.3 Å². The molecule has 0 radical (unpaired) electrons. The van der Waals surface area contributed by atoms with E-state index in [2.05, 4.69) is 48.9 Å². The van der Waals surface area contributed by atoms with E-state index in [1.54, 1.807) is 6.33 Å². The van der Waals surface area contributed by atoms with Gasteiger partial charge >= 0.3 is 0 Å². The van der Waals surface area contributed by atoms with Crippen LogP contribution in [0.5, 0.6) is 5.75 Å². The van der Waals surface area contributed by atoms with Crippen molar-refractivity contribution in [3.05, 3.63) is 59.5 Å². The number of hydrogen-bond donors (Lipinski definition) is 0. The first-order chi connectivity index (χ1) is 13.7. The first-order valence-electron chi connectivity index (χ1n) is 9.46. The summed E-state index contributed by atoms with van der Waals surface area (Å²) in [5, 5.41) is 5.89. The maximum Gasteiger partial charge on any atom is 0.135 e. The Balaban J connectivity index is 1.73. The number of nitrogens with zero attached hydrogens (tertiary/aromatic N) is 4. The highest BCUT2D eigenvalue weighted by Crippen LogP contribution is 2.41. The second-order valence-corrected chi connectivity index (χ2v) is 7.78. The SMILES string of the molecule is CCOc1cc2ncnc(-c3cn(C4CC4)nc3-c3ccccc3)c2cc1Br. The quantitative estimate of drug-likeness (QED) is 0.406. The molecule has 0 aliphatic heterocycles. The first-order valence-corrected chi connectivity index (χ1v) is 10.3. The van der Waals surface area contributed by atoms with Crippen LogP contribution in [0.25, 0.3) is 33.4 Å². The number of halogens is 1. The third kappa shape index (κ3) is 3.07. The predicted molar refractivity (Wildman–Crippen MR) is 113 cm³/mol. The molecule has 1 saturated carbocycles. The van der Waals surface area contributed by atoms with Gasteiger partial charge in [-0.3, -0.25) is 4.68 Å². The van der Waals surface area contributed by atoms with E-state index in [0.717, 1.165) is 43.6 Å². The molecule has 1 aliphatic rings. The zero-order valence-corrected chi connectivity index (χ0v) is 17.1. The summed E-state index contributed by atoms with van der Waals surface area (Å²) in [6, 6.07) is 14.8. The highest BCUT2D eigenvalue weighted by atomic mass is 79.9. The normalized spacial score (nSPS) is 13.8. The lowest BCUT2D eigenvalue weighted by molar-refractivity contribution is 0.338. The second-order valence-electron chi connectivity index (χ2n) is 6.92. The third-order valence-electron chi connectivity index (χ3n) is 4.94. The Bertz CT molecular complexity index is 1150. The van der Waals surface area contributed by atoms with Crippen molar-refractivity contribution in [2.24, 2.45) is 0 Å². The minimum absolute atomic E-state index is 0.501. The van der Waals surface area contributed by atoms with Gasteiger partial charge in [-0.25, -0.2) is 9.97 Å². The van der Waals surface area contributed by atoms with E-state index < -0.39 is 0 Å². The molecule has 0 spiro atoms. The number of fused-ring (bicyclic) bond motifs is 1. The molecule has 28 heavy (non-hydrogen) atoms. The molecule has 140 valence electrons. The monoisotopic (exact) mass is 434 g/mol. The molecule has 0 unspecified atom stereocenters. The molecule has 0 N–H and O–H groups in total. The van der Waals surface area contributed by atoms with Crippen LogP contribution in [0.3, 0.4) is 0 Å². The van der Waals surface area contributed by atoms with Gasteiger partial charge < -0.3 is 4.74 Å². The van der Waals surface area contributed by atoms with Crippen LogP contribution in [0.4, 0.5) is 0 Å². The van der Waals surface area contributed by atoms with Crippen molar-refractivity contribution in [3.63, 3.8) is 0 Å². The lowest BCUT2D eigenvalue weighted by atomic mass is 10.0. The van der Waals surface area contributed by atoms with Crippen molar-refractivity contribution in [1.82, 2.24) is 19.7 Å². The van der Waals surface area contributed by atoms with Crippen molar-refractivity contribution >= 4 is 26.8 Å². The van der Waals surface area contributed by atoms with Crippen LogP contribution in [-0.2, 0) is 0 Å². The molecular weight excluding hydrogens is 416 g/mol. The Hall–Kier alpha value is -2.73. The molecule has 6 heteroatoms. The highest BCUT2D eigenvalue weighted by Gasteiger charge is 2.27. The predicted octanol–water partition coefficient (Wildman–Crippen LogP) is 5.66. The average molecular weight is 435 g/mol. The molecule has 0 atom stereocenters. The van der Waals surface area contributed by atoms with E-state index in [0.29, 0.717) is 12.6 Å². The van der Waals surface area contributed by atoms with Crippen LogP contribution in [-0.4, -0.2) is 26.4 Å². The molecule has 0 amide bonds. The molecule has 2 aromatic carbocycles. The number of aromatic nitrogens is 4. The van der Waals surface area contributed by atoms with Crippen LogP contribution < -0.4 is 4.74 Å². The largest absolute Gasteiger partial charge is 0.493 e. The summed E-state index contributed by atoms with van der Waals surface area (Å²) >= 11 is 3.63. The summed E-state index contributed by atoms with van der Waals surface area (Å²) in [4.78, 5) is 9.12.